The van der Waals surface area contributed by atoms with Crippen molar-refractivity contribution in [3.63, 3.8) is 0 Å². The third-order valence-corrected chi connectivity index (χ3v) is 4.10. The Bertz CT molecular complexity index is 451. The van der Waals surface area contributed by atoms with Gasteiger partial charge in [-0.2, -0.15) is 4.37 Å². The SMILES string of the molecule is Cc1nsc(SCc2ccccc2C)n1. The van der Waals surface area contributed by atoms with E-state index < -0.39 is 0 Å². The lowest BCUT2D eigenvalue weighted by atomic mass is 10.1. The van der Waals surface area contributed by atoms with E-state index in [1.54, 1.807) is 11.8 Å². The van der Waals surface area contributed by atoms with E-state index in [2.05, 4.69) is 40.5 Å². The van der Waals surface area contributed by atoms with E-state index in [9.17, 15) is 0 Å². The molecule has 78 valence electrons. The quantitative estimate of drug-likeness (QED) is 0.763. The highest BCUT2D eigenvalue weighted by Gasteiger charge is 2.02. The Kier molecular flexibility index (Phi) is 3.38. The molecule has 15 heavy (non-hydrogen) atoms. The fourth-order valence-corrected chi connectivity index (χ4v) is 2.97. The van der Waals surface area contributed by atoms with E-state index in [0.717, 1.165) is 15.9 Å². The summed E-state index contributed by atoms with van der Waals surface area (Å²) in [5.41, 5.74) is 2.71. The smallest absolute Gasteiger partial charge is 0.170 e. The molecule has 0 fully saturated rings. The standard InChI is InChI=1S/C11H12N2S2/c1-8-5-3-4-6-10(8)7-14-11-12-9(2)13-15-11/h3-6H,7H2,1-2H3. The largest absolute Gasteiger partial charge is 0.213 e. The number of nitrogens with zero attached hydrogens (tertiary/aromatic N) is 2. The molecule has 1 heterocycles. The molecule has 2 rings (SSSR count). The van der Waals surface area contributed by atoms with Crippen LogP contribution in [0.4, 0.5) is 0 Å². The minimum absolute atomic E-state index is 0.868. The van der Waals surface area contributed by atoms with Crippen molar-refractivity contribution >= 4 is 23.3 Å². The maximum Gasteiger partial charge on any atom is 0.170 e. The maximum absolute atomic E-state index is 4.33. The number of aromatic nitrogens is 2. The topological polar surface area (TPSA) is 25.8 Å². The van der Waals surface area contributed by atoms with Gasteiger partial charge in [0.15, 0.2) is 4.34 Å². The van der Waals surface area contributed by atoms with E-state index in [0.29, 0.717) is 0 Å². The molecule has 0 spiro atoms. The van der Waals surface area contributed by atoms with Crippen LogP contribution < -0.4 is 0 Å². The highest BCUT2D eigenvalue weighted by atomic mass is 32.2. The summed E-state index contributed by atoms with van der Waals surface area (Å²) >= 11 is 3.23. The third-order valence-electron chi connectivity index (χ3n) is 2.12. The highest BCUT2D eigenvalue weighted by Crippen LogP contribution is 2.25. The summed E-state index contributed by atoms with van der Waals surface area (Å²) in [6, 6.07) is 8.45. The molecule has 0 unspecified atom stereocenters. The predicted octanol–water partition coefficient (Wildman–Crippen LogP) is 3.45. The van der Waals surface area contributed by atoms with Gasteiger partial charge in [-0.25, -0.2) is 4.98 Å². The van der Waals surface area contributed by atoms with Gasteiger partial charge in [-0.05, 0) is 36.5 Å². The number of hydrogen-bond donors (Lipinski definition) is 0. The van der Waals surface area contributed by atoms with E-state index >= 15 is 0 Å². The molecule has 0 radical (unpaired) electrons. The van der Waals surface area contributed by atoms with Crippen molar-refractivity contribution < 1.29 is 0 Å². The van der Waals surface area contributed by atoms with Crippen molar-refractivity contribution in [3.8, 4) is 0 Å². The zero-order valence-electron chi connectivity index (χ0n) is 8.73. The van der Waals surface area contributed by atoms with Crippen LogP contribution in [0.25, 0.3) is 0 Å². The summed E-state index contributed by atoms with van der Waals surface area (Å²) in [6.45, 7) is 4.07. The Morgan fingerprint density at radius 2 is 2.07 bits per heavy atom. The van der Waals surface area contributed by atoms with E-state index in [-0.39, 0.29) is 0 Å². The first-order chi connectivity index (χ1) is 7.25. The Hall–Kier alpha value is -0.870. The number of aryl methyl sites for hydroxylation is 2. The Morgan fingerprint density at radius 1 is 1.27 bits per heavy atom. The molecule has 4 heteroatoms. The van der Waals surface area contributed by atoms with Gasteiger partial charge < -0.3 is 0 Å². The van der Waals surface area contributed by atoms with E-state index in [4.69, 9.17) is 0 Å². The molecule has 1 aromatic heterocycles. The number of hydrogen-bond acceptors (Lipinski definition) is 4. The maximum atomic E-state index is 4.33. The summed E-state index contributed by atoms with van der Waals surface area (Å²) < 4.78 is 5.21. The Labute approximate surface area is 97.9 Å². The van der Waals surface area contributed by atoms with Gasteiger partial charge in [0.2, 0.25) is 0 Å². The molecule has 1 aromatic carbocycles. The van der Waals surface area contributed by atoms with Crippen molar-refractivity contribution in [2.45, 2.75) is 23.9 Å². The summed E-state index contributed by atoms with van der Waals surface area (Å²) in [4.78, 5) is 4.33. The zero-order chi connectivity index (χ0) is 10.7. The molecule has 2 nitrogen and oxygen atoms in total. The first kappa shape index (κ1) is 10.6. The average molecular weight is 236 g/mol. The van der Waals surface area contributed by atoms with Gasteiger partial charge in [0, 0.05) is 5.75 Å². The summed E-state index contributed by atoms with van der Waals surface area (Å²) in [5, 5.41) is 0. The second kappa shape index (κ2) is 4.77. The Morgan fingerprint density at radius 3 is 2.73 bits per heavy atom. The Balaban J connectivity index is 2.02. The van der Waals surface area contributed by atoms with Crippen molar-refractivity contribution in [3.05, 3.63) is 41.2 Å². The van der Waals surface area contributed by atoms with Crippen LogP contribution in [0.3, 0.4) is 0 Å². The van der Waals surface area contributed by atoms with Crippen molar-refractivity contribution in [2.75, 3.05) is 0 Å². The van der Waals surface area contributed by atoms with Crippen molar-refractivity contribution in [1.82, 2.24) is 9.36 Å². The van der Waals surface area contributed by atoms with Gasteiger partial charge in [0.25, 0.3) is 0 Å². The number of benzene rings is 1. The predicted molar refractivity (Wildman–Crippen MR) is 65.4 cm³/mol. The van der Waals surface area contributed by atoms with Gasteiger partial charge in [0.1, 0.15) is 5.82 Å². The lowest BCUT2D eigenvalue weighted by Crippen LogP contribution is -1.84. The normalized spacial score (nSPS) is 10.5. The van der Waals surface area contributed by atoms with E-state index in [1.165, 1.54) is 22.7 Å². The molecule has 2 aromatic rings. The molecule has 0 atom stereocenters. The van der Waals surface area contributed by atoms with Gasteiger partial charge in [-0.3, -0.25) is 0 Å². The third kappa shape index (κ3) is 2.79. The van der Waals surface area contributed by atoms with Gasteiger partial charge in [-0.1, -0.05) is 36.0 Å². The van der Waals surface area contributed by atoms with Gasteiger partial charge in [0.05, 0.1) is 0 Å². The summed E-state index contributed by atoms with van der Waals surface area (Å²) in [6.07, 6.45) is 0. The number of thioether (sulfide) groups is 1. The van der Waals surface area contributed by atoms with Crippen LogP contribution in [0.15, 0.2) is 28.6 Å². The lowest BCUT2D eigenvalue weighted by Gasteiger charge is -2.02. The number of rotatable bonds is 3. The second-order valence-electron chi connectivity index (χ2n) is 3.32. The molecule has 0 amide bonds. The van der Waals surface area contributed by atoms with Gasteiger partial charge in [-0.15, -0.1) is 0 Å². The van der Waals surface area contributed by atoms with Crippen LogP contribution >= 0.6 is 23.3 Å². The van der Waals surface area contributed by atoms with Crippen LogP contribution in [-0.4, -0.2) is 9.36 Å². The second-order valence-corrected chi connectivity index (χ2v) is 5.30. The minimum atomic E-state index is 0.868. The summed E-state index contributed by atoms with van der Waals surface area (Å²) in [7, 11) is 0. The molecule has 0 aliphatic heterocycles. The molecular formula is C11H12N2S2. The molecular weight excluding hydrogens is 224 g/mol. The molecule has 0 aliphatic carbocycles. The molecule has 0 N–H and O–H groups in total. The van der Waals surface area contributed by atoms with Crippen molar-refractivity contribution in [2.24, 2.45) is 0 Å². The fourth-order valence-electron chi connectivity index (χ4n) is 1.25. The van der Waals surface area contributed by atoms with Crippen LogP contribution in [0.1, 0.15) is 17.0 Å². The zero-order valence-corrected chi connectivity index (χ0v) is 10.4. The van der Waals surface area contributed by atoms with Crippen molar-refractivity contribution in [1.29, 1.82) is 0 Å². The minimum Gasteiger partial charge on any atom is -0.213 e. The van der Waals surface area contributed by atoms with Gasteiger partial charge >= 0.3 is 0 Å². The molecule has 0 aliphatic rings. The monoisotopic (exact) mass is 236 g/mol. The first-order valence-electron chi connectivity index (χ1n) is 4.73. The summed E-state index contributed by atoms with van der Waals surface area (Å²) in [5.74, 6) is 1.84. The van der Waals surface area contributed by atoms with Crippen LogP contribution in [0, 0.1) is 13.8 Å². The van der Waals surface area contributed by atoms with Crippen LogP contribution in [-0.2, 0) is 5.75 Å². The van der Waals surface area contributed by atoms with Crippen LogP contribution in [0.2, 0.25) is 0 Å². The molecule has 0 saturated heterocycles. The molecule has 0 bridgehead atoms. The first-order valence-corrected chi connectivity index (χ1v) is 6.49. The molecule has 0 saturated carbocycles. The lowest BCUT2D eigenvalue weighted by molar-refractivity contribution is 1.10. The van der Waals surface area contributed by atoms with E-state index in [1.807, 2.05) is 6.92 Å². The fraction of sp³-hybridized carbons (Fsp3) is 0.273. The van der Waals surface area contributed by atoms with Crippen LogP contribution in [0.5, 0.6) is 0 Å². The average Bonchev–Trinajstić information content (AvgIpc) is 2.63. The highest BCUT2D eigenvalue weighted by molar-refractivity contribution is 8.00.